The highest BCUT2D eigenvalue weighted by Gasteiger charge is 2.34. The lowest BCUT2D eigenvalue weighted by molar-refractivity contribution is -0.139. The standard InChI is InChI=1S/C16H24ClN3O2/c17-13-11-18-20(12-13)14-4-8-19(9-5-14)15(21)10-16(22)6-2-1-3-7-16/h11-12,14,22H,1-10H2. The minimum atomic E-state index is -0.762. The molecule has 0 unspecified atom stereocenters. The number of likely N-dealkylation sites (tertiary alicyclic amines) is 1. The van der Waals surface area contributed by atoms with Crippen LogP contribution in [0.15, 0.2) is 12.4 Å². The lowest BCUT2D eigenvalue weighted by atomic mass is 9.82. The Morgan fingerprint density at radius 3 is 2.59 bits per heavy atom. The lowest BCUT2D eigenvalue weighted by Gasteiger charge is -2.36. The van der Waals surface area contributed by atoms with Crippen LogP contribution < -0.4 is 0 Å². The summed E-state index contributed by atoms with van der Waals surface area (Å²) in [6, 6.07) is 0.314. The molecular weight excluding hydrogens is 302 g/mol. The predicted octanol–water partition coefficient (Wildman–Crippen LogP) is 2.79. The van der Waals surface area contributed by atoms with E-state index in [1.54, 1.807) is 6.20 Å². The summed E-state index contributed by atoms with van der Waals surface area (Å²) < 4.78 is 1.90. The third-order valence-electron chi connectivity index (χ3n) is 5.03. The zero-order valence-electron chi connectivity index (χ0n) is 12.9. The van der Waals surface area contributed by atoms with Gasteiger partial charge in [-0.2, -0.15) is 5.10 Å². The van der Waals surface area contributed by atoms with E-state index in [1.165, 1.54) is 6.42 Å². The maximum atomic E-state index is 12.4. The van der Waals surface area contributed by atoms with Crippen molar-refractivity contribution in [3.05, 3.63) is 17.4 Å². The highest BCUT2D eigenvalue weighted by molar-refractivity contribution is 6.30. The molecule has 1 amide bonds. The summed E-state index contributed by atoms with van der Waals surface area (Å²) in [6.07, 6.45) is 10.3. The van der Waals surface area contributed by atoms with Crippen molar-refractivity contribution >= 4 is 17.5 Å². The number of aliphatic hydroxyl groups is 1. The van der Waals surface area contributed by atoms with Crippen LogP contribution in [0.2, 0.25) is 5.02 Å². The number of aromatic nitrogens is 2. The molecule has 1 aliphatic heterocycles. The molecule has 22 heavy (non-hydrogen) atoms. The number of hydrogen-bond acceptors (Lipinski definition) is 3. The molecule has 0 spiro atoms. The average Bonchev–Trinajstić information content (AvgIpc) is 2.94. The molecule has 0 aromatic carbocycles. The highest BCUT2D eigenvalue weighted by atomic mass is 35.5. The van der Waals surface area contributed by atoms with Gasteiger partial charge in [-0.05, 0) is 25.7 Å². The van der Waals surface area contributed by atoms with Crippen LogP contribution >= 0.6 is 11.6 Å². The first-order valence-electron chi connectivity index (χ1n) is 8.26. The molecule has 6 heteroatoms. The van der Waals surface area contributed by atoms with E-state index in [1.807, 2.05) is 15.8 Å². The number of carbonyl (C=O) groups excluding carboxylic acids is 1. The van der Waals surface area contributed by atoms with Crippen LogP contribution in [-0.2, 0) is 4.79 Å². The molecule has 0 radical (unpaired) electrons. The largest absolute Gasteiger partial charge is 0.389 e. The van der Waals surface area contributed by atoms with Gasteiger partial charge in [-0.3, -0.25) is 9.48 Å². The second-order valence-electron chi connectivity index (χ2n) is 6.71. The zero-order chi connectivity index (χ0) is 15.6. The normalized spacial score (nSPS) is 22.7. The monoisotopic (exact) mass is 325 g/mol. The van der Waals surface area contributed by atoms with Crippen molar-refractivity contribution < 1.29 is 9.90 Å². The van der Waals surface area contributed by atoms with Gasteiger partial charge in [0.25, 0.3) is 0 Å². The zero-order valence-corrected chi connectivity index (χ0v) is 13.6. The van der Waals surface area contributed by atoms with Gasteiger partial charge in [0.15, 0.2) is 0 Å². The summed E-state index contributed by atoms with van der Waals surface area (Å²) in [7, 11) is 0. The van der Waals surface area contributed by atoms with Gasteiger partial charge in [-0.25, -0.2) is 0 Å². The van der Waals surface area contributed by atoms with E-state index in [9.17, 15) is 9.90 Å². The fourth-order valence-corrected chi connectivity index (χ4v) is 3.82. The van der Waals surface area contributed by atoms with E-state index < -0.39 is 5.60 Å². The Labute approximate surface area is 136 Å². The van der Waals surface area contributed by atoms with Crippen LogP contribution in [0.5, 0.6) is 0 Å². The van der Waals surface area contributed by atoms with E-state index in [4.69, 9.17) is 11.6 Å². The van der Waals surface area contributed by atoms with Crippen LogP contribution in [0.3, 0.4) is 0 Å². The molecule has 1 saturated heterocycles. The minimum Gasteiger partial charge on any atom is -0.389 e. The molecule has 0 atom stereocenters. The summed E-state index contributed by atoms with van der Waals surface area (Å²) in [6.45, 7) is 1.47. The second kappa shape index (κ2) is 6.59. The number of nitrogens with zero attached hydrogens (tertiary/aromatic N) is 3. The number of amides is 1. The average molecular weight is 326 g/mol. The molecule has 1 saturated carbocycles. The van der Waals surface area contributed by atoms with Crippen LogP contribution in [-0.4, -0.2) is 44.4 Å². The predicted molar refractivity (Wildman–Crippen MR) is 84.7 cm³/mol. The van der Waals surface area contributed by atoms with Crippen molar-refractivity contribution in [3.8, 4) is 0 Å². The molecule has 1 aliphatic carbocycles. The molecule has 0 bridgehead atoms. The third kappa shape index (κ3) is 3.63. The SMILES string of the molecule is O=C(CC1(O)CCCCC1)N1CCC(n2cc(Cl)cn2)CC1. The van der Waals surface area contributed by atoms with Crippen LogP contribution in [0, 0.1) is 0 Å². The van der Waals surface area contributed by atoms with Gasteiger partial charge >= 0.3 is 0 Å². The molecule has 122 valence electrons. The van der Waals surface area contributed by atoms with E-state index in [2.05, 4.69) is 5.10 Å². The number of carbonyl (C=O) groups is 1. The van der Waals surface area contributed by atoms with Gasteiger partial charge in [-0.15, -0.1) is 0 Å². The van der Waals surface area contributed by atoms with Crippen molar-refractivity contribution in [1.82, 2.24) is 14.7 Å². The van der Waals surface area contributed by atoms with E-state index in [0.717, 1.165) is 51.6 Å². The van der Waals surface area contributed by atoms with Gasteiger partial charge in [0, 0.05) is 19.3 Å². The van der Waals surface area contributed by atoms with Crippen LogP contribution in [0.4, 0.5) is 0 Å². The molecule has 1 aromatic heterocycles. The molecule has 1 aromatic rings. The first-order chi connectivity index (χ1) is 10.6. The summed E-state index contributed by atoms with van der Waals surface area (Å²) >= 11 is 5.91. The first kappa shape index (κ1) is 15.8. The van der Waals surface area contributed by atoms with E-state index in [-0.39, 0.29) is 12.3 Å². The summed E-state index contributed by atoms with van der Waals surface area (Å²) in [4.78, 5) is 14.3. The van der Waals surface area contributed by atoms with Crippen LogP contribution in [0.1, 0.15) is 57.4 Å². The van der Waals surface area contributed by atoms with Crippen LogP contribution in [0.25, 0.3) is 0 Å². The minimum absolute atomic E-state index is 0.0985. The quantitative estimate of drug-likeness (QED) is 0.929. The molecule has 1 N–H and O–H groups in total. The summed E-state index contributed by atoms with van der Waals surface area (Å²) in [5, 5.41) is 15.4. The Hall–Kier alpha value is -1.07. The maximum absolute atomic E-state index is 12.4. The van der Waals surface area contributed by atoms with Crippen molar-refractivity contribution in [2.75, 3.05) is 13.1 Å². The summed E-state index contributed by atoms with van der Waals surface area (Å²) in [5.41, 5.74) is -0.762. The van der Waals surface area contributed by atoms with E-state index >= 15 is 0 Å². The first-order valence-corrected chi connectivity index (χ1v) is 8.63. The number of halogens is 1. The fraction of sp³-hybridized carbons (Fsp3) is 0.750. The second-order valence-corrected chi connectivity index (χ2v) is 7.15. The van der Waals surface area contributed by atoms with Gasteiger partial charge in [0.1, 0.15) is 0 Å². The smallest absolute Gasteiger partial charge is 0.225 e. The number of rotatable bonds is 3. The third-order valence-corrected chi connectivity index (χ3v) is 5.22. The molecule has 2 heterocycles. The molecule has 2 fully saturated rings. The van der Waals surface area contributed by atoms with Crippen molar-refractivity contribution in [3.63, 3.8) is 0 Å². The molecule has 2 aliphatic rings. The number of hydrogen-bond donors (Lipinski definition) is 1. The van der Waals surface area contributed by atoms with Crippen molar-refractivity contribution in [2.45, 2.75) is 63.0 Å². The Bertz CT molecular complexity index is 517. The lowest BCUT2D eigenvalue weighted by Crippen LogP contribution is -2.44. The van der Waals surface area contributed by atoms with E-state index in [0.29, 0.717) is 11.1 Å². The van der Waals surface area contributed by atoms with Crippen molar-refractivity contribution in [2.24, 2.45) is 0 Å². The maximum Gasteiger partial charge on any atom is 0.225 e. The molecule has 5 nitrogen and oxygen atoms in total. The summed E-state index contributed by atoms with van der Waals surface area (Å²) in [5.74, 6) is 0.0985. The Morgan fingerprint density at radius 1 is 1.32 bits per heavy atom. The van der Waals surface area contributed by atoms with Gasteiger partial charge in [-0.1, -0.05) is 30.9 Å². The Balaban J connectivity index is 1.51. The fourth-order valence-electron chi connectivity index (χ4n) is 3.67. The van der Waals surface area contributed by atoms with Crippen molar-refractivity contribution in [1.29, 1.82) is 0 Å². The topological polar surface area (TPSA) is 58.4 Å². The molecule has 3 rings (SSSR count). The highest BCUT2D eigenvalue weighted by Crippen LogP contribution is 2.32. The number of piperidine rings is 1. The van der Waals surface area contributed by atoms with Gasteiger partial charge in [0.05, 0.1) is 29.3 Å². The Kier molecular flexibility index (Phi) is 4.73. The molecular formula is C16H24ClN3O2. The Morgan fingerprint density at radius 2 is 2.00 bits per heavy atom. The van der Waals surface area contributed by atoms with Gasteiger partial charge < -0.3 is 10.0 Å². The van der Waals surface area contributed by atoms with Gasteiger partial charge in [0.2, 0.25) is 5.91 Å².